The van der Waals surface area contributed by atoms with Gasteiger partial charge in [0.2, 0.25) is 0 Å². The Morgan fingerprint density at radius 3 is 2.67 bits per heavy atom. The third-order valence-corrected chi connectivity index (χ3v) is 4.38. The molecule has 6 heavy (non-hydrogen) atoms. The Hall–Kier alpha value is 0.609. The summed E-state index contributed by atoms with van der Waals surface area (Å²) in [6.07, 6.45) is 4.52. The van der Waals surface area contributed by atoms with Crippen LogP contribution in [0.3, 0.4) is 0 Å². The molecule has 0 amide bonds. The minimum absolute atomic E-state index is 0.884. The first kappa shape index (κ1) is 4.76. The maximum atomic E-state index is 2.27. The Balaban J connectivity index is 2.26. The Morgan fingerprint density at radius 2 is 2.50 bits per heavy atom. The summed E-state index contributed by atoms with van der Waals surface area (Å²) in [5.74, 6) is 1.26. The Bertz CT molecular complexity index is 52.6. The van der Waals surface area contributed by atoms with Crippen LogP contribution in [-0.4, -0.2) is 19.6 Å². The van der Waals surface area contributed by atoms with Crippen molar-refractivity contribution in [2.24, 2.45) is 0 Å². The minimum atomic E-state index is 0.884. The van der Waals surface area contributed by atoms with Crippen LogP contribution in [0.1, 0.15) is 0 Å². The van der Waals surface area contributed by atoms with Gasteiger partial charge in [-0.3, -0.25) is 0 Å². The molecule has 1 aliphatic heterocycles. The van der Waals surface area contributed by atoms with Gasteiger partial charge in [0, 0.05) is 0 Å². The van der Waals surface area contributed by atoms with Gasteiger partial charge in [-0.15, -0.1) is 0 Å². The van der Waals surface area contributed by atoms with Gasteiger partial charge in [-0.05, 0) is 0 Å². The summed E-state index contributed by atoms with van der Waals surface area (Å²) < 4.78 is 0. The predicted molar refractivity (Wildman–Crippen MR) is 32.2 cm³/mol. The van der Waals surface area contributed by atoms with Crippen LogP contribution in [-0.2, 0) is 0 Å². The van der Waals surface area contributed by atoms with Crippen molar-refractivity contribution in [2.45, 2.75) is 5.32 Å². The molecule has 0 radical (unpaired) electrons. The number of allylic oxidation sites excluding steroid dienone is 1. The van der Waals surface area contributed by atoms with Crippen molar-refractivity contribution in [1.82, 2.24) is 0 Å². The van der Waals surface area contributed by atoms with Crippen molar-refractivity contribution in [3.63, 3.8) is 0 Å². The molecule has 1 heterocycles. The average molecular weight is 165 g/mol. The molecule has 0 aromatic rings. The molecule has 0 atom stereocenters. The fourth-order valence-corrected chi connectivity index (χ4v) is 3.28. The molecule has 0 aromatic heterocycles. The summed E-state index contributed by atoms with van der Waals surface area (Å²) in [4.78, 5) is 0. The Labute approximate surface area is 47.6 Å². The van der Waals surface area contributed by atoms with Gasteiger partial charge in [0.25, 0.3) is 0 Å². The normalized spacial score (nSPS) is 21.3. The molecule has 0 aromatic carbocycles. The summed E-state index contributed by atoms with van der Waals surface area (Å²) >= 11 is 0.884. The van der Waals surface area contributed by atoms with Crippen molar-refractivity contribution in [3.05, 3.63) is 12.2 Å². The SMILES string of the molecule is C1=CC[Se]SC1. The van der Waals surface area contributed by atoms with Crippen LogP contribution in [0.2, 0.25) is 5.32 Å². The molecule has 0 aliphatic carbocycles. The summed E-state index contributed by atoms with van der Waals surface area (Å²) in [5.41, 5.74) is 0. The van der Waals surface area contributed by atoms with Gasteiger partial charge in [0.1, 0.15) is 0 Å². The number of hydrogen-bond acceptors (Lipinski definition) is 1. The average Bonchev–Trinajstić information content (AvgIpc) is 1.72. The van der Waals surface area contributed by atoms with Crippen LogP contribution in [0.4, 0.5) is 0 Å². The molecule has 0 saturated carbocycles. The standard InChI is InChI=1S/C4H6SSe/c1-2-4-6-5-3-1/h1-2H,3-4H2. The quantitative estimate of drug-likeness (QED) is 0.385. The van der Waals surface area contributed by atoms with Gasteiger partial charge in [0.15, 0.2) is 0 Å². The van der Waals surface area contributed by atoms with Gasteiger partial charge in [0.05, 0.1) is 0 Å². The summed E-state index contributed by atoms with van der Waals surface area (Å²) in [7, 11) is 2.07. The molecule has 1 rings (SSSR count). The van der Waals surface area contributed by atoms with Crippen LogP contribution < -0.4 is 0 Å². The predicted octanol–water partition coefficient (Wildman–Crippen LogP) is 1.33. The van der Waals surface area contributed by atoms with E-state index in [0.29, 0.717) is 0 Å². The summed E-state index contributed by atoms with van der Waals surface area (Å²) in [6, 6.07) is 0. The van der Waals surface area contributed by atoms with E-state index in [4.69, 9.17) is 0 Å². The van der Waals surface area contributed by atoms with Crippen LogP contribution in [0.15, 0.2) is 12.2 Å². The van der Waals surface area contributed by atoms with Crippen LogP contribution in [0, 0.1) is 0 Å². The van der Waals surface area contributed by atoms with Crippen molar-refractivity contribution >= 4 is 24.0 Å². The van der Waals surface area contributed by atoms with Crippen LogP contribution >= 0.6 is 10.2 Å². The molecular weight excluding hydrogens is 159 g/mol. The van der Waals surface area contributed by atoms with E-state index in [2.05, 4.69) is 22.3 Å². The molecular formula is C4H6SSe. The molecule has 0 unspecified atom stereocenters. The fourth-order valence-electron chi connectivity index (χ4n) is 0.311. The van der Waals surface area contributed by atoms with Crippen molar-refractivity contribution in [3.8, 4) is 0 Å². The second-order valence-electron chi connectivity index (χ2n) is 1.04. The van der Waals surface area contributed by atoms with E-state index in [9.17, 15) is 0 Å². The van der Waals surface area contributed by atoms with Crippen molar-refractivity contribution < 1.29 is 0 Å². The second kappa shape index (κ2) is 2.73. The molecule has 2 heteroatoms. The third-order valence-electron chi connectivity index (χ3n) is 0.579. The molecule has 0 nitrogen and oxygen atoms in total. The van der Waals surface area contributed by atoms with Crippen molar-refractivity contribution in [2.75, 3.05) is 5.75 Å². The molecule has 0 saturated heterocycles. The van der Waals surface area contributed by atoms with Crippen LogP contribution in [0.25, 0.3) is 0 Å². The first-order valence-corrected chi connectivity index (χ1v) is 6.11. The van der Waals surface area contributed by atoms with E-state index < -0.39 is 0 Å². The third kappa shape index (κ3) is 1.37. The van der Waals surface area contributed by atoms with Gasteiger partial charge in [-0.25, -0.2) is 0 Å². The van der Waals surface area contributed by atoms with Gasteiger partial charge < -0.3 is 0 Å². The van der Waals surface area contributed by atoms with E-state index in [1.807, 2.05) is 0 Å². The molecule has 1 aliphatic rings. The second-order valence-corrected chi connectivity index (χ2v) is 5.51. The van der Waals surface area contributed by atoms with E-state index >= 15 is 0 Å². The number of rotatable bonds is 0. The van der Waals surface area contributed by atoms with E-state index in [1.54, 1.807) is 0 Å². The van der Waals surface area contributed by atoms with Crippen molar-refractivity contribution in [1.29, 1.82) is 0 Å². The Kier molecular flexibility index (Phi) is 2.16. The first-order chi connectivity index (χ1) is 3.00. The fraction of sp³-hybridized carbons (Fsp3) is 0.500. The zero-order valence-electron chi connectivity index (χ0n) is 3.39. The van der Waals surface area contributed by atoms with Gasteiger partial charge in [-0.2, -0.15) is 0 Å². The topological polar surface area (TPSA) is 0 Å². The molecule has 34 valence electrons. The van der Waals surface area contributed by atoms with E-state index in [1.165, 1.54) is 11.1 Å². The first-order valence-electron chi connectivity index (χ1n) is 1.89. The number of hydrogen-bond donors (Lipinski definition) is 0. The molecule has 0 fully saturated rings. The van der Waals surface area contributed by atoms with Gasteiger partial charge in [-0.1, -0.05) is 0 Å². The Morgan fingerprint density at radius 1 is 1.50 bits per heavy atom. The van der Waals surface area contributed by atoms with E-state index in [0.717, 1.165) is 13.8 Å². The molecule has 0 spiro atoms. The summed E-state index contributed by atoms with van der Waals surface area (Å²) in [5, 5.41) is 1.34. The maximum absolute atomic E-state index is 2.27. The molecule has 0 bridgehead atoms. The van der Waals surface area contributed by atoms with Crippen LogP contribution in [0.5, 0.6) is 0 Å². The van der Waals surface area contributed by atoms with E-state index in [-0.39, 0.29) is 0 Å². The zero-order valence-corrected chi connectivity index (χ0v) is 5.91. The monoisotopic (exact) mass is 166 g/mol. The summed E-state index contributed by atoms with van der Waals surface area (Å²) in [6.45, 7) is 0. The zero-order chi connectivity index (χ0) is 4.24. The van der Waals surface area contributed by atoms with Gasteiger partial charge >= 0.3 is 47.2 Å². The molecule has 0 N–H and O–H groups in total.